The lowest BCUT2D eigenvalue weighted by molar-refractivity contribution is 0.101. The number of para-hydroxylation sites is 1. The maximum absolute atomic E-state index is 13.8. The molecule has 3 aromatic rings. The highest BCUT2D eigenvalue weighted by Gasteiger charge is 2.10. The molecule has 4 heteroatoms. The van der Waals surface area contributed by atoms with Gasteiger partial charge < -0.3 is 0 Å². The minimum Gasteiger partial charge on any atom is -0.295 e. The minimum atomic E-state index is -0.297. The molecular weight excluding hydrogens is 273 g/mol. The molecule has 100 valence electrons. The molecule has 1 heterocycles. The zero-order valence-electron chi connectivity index (χ0n) is 10.9. The first-order valence-corrected chi connectivity index (χ1v) is 7.09. The number of nitrogens with zero attached hydrogens (tertiary/aromatic N) is 1. The Morgan fingerprint density at radius 1 is 1.25 bits per heavy atom. The first-order valence-electron chi connectivity index (χ1n) is 6.27. The van der Waals surface area contributed by atoms with Crippen LogP contribution in [0.25, 0.3) is 10.2 Å². The van der Waals surface area contributed by atoms with Gasteiger partial charge in [-0.3, -0.25) is 4.79 Å². The average Bonchev–Trinajstić information content (AvgIpc) is 2.83. The van der Waals surface area contributed by atoms with Crippen LogP contribution in [0.2, 0.25) is 0 Å². The van der Waals surface area contributed by atoms with E-state index in [0.29, 0.717) is 17.5 Å². The van der Waals surface area contributed by atoms with Gasteiger partial charge in [0, 0.05) is 12.0 Å². The van der Waals surface area contributed by atoms with Gasteiger partial charge in [0.05, 0.1) is 15.2 Å². The lowest BCUT2D eigenvalue weighted by atomic mass is 10.1. The van der Waals surface area contributed by atoms with Gasteiger partial charge >= 0.3 is 0 Å². The predicted molar refractivity (Wildman–Crippen MR) is 78.8 cm³/mol. The zero-order chi connectivity index (χ0) is 14.1. The Kier molecular flexibility index (Phi) is 3.32. The van der Waals surface area contributed by atoms with Crippen LogP contribution in [-0.2, 0) is 6.42 Å². The lowest BCUT2D eigenvalue weighted by Crippen LogP contribution is -1.98. The first kappa shape index (κ1) is 12.9. The Bertz CT molecular complexity index is 761. The monoisotopic (exact) mass is 285 g/mol. The highest BCUT2D eigenvalue weighted by atomic mass is 32.1. The quantitative estimate of drug-likeness (QED) is 0.674. The van der Waals surface area contributed by atoms with Gasteiger partial charge in [-0.1, -0.05) is 12.1 Å². The van der Waals surface area contributed by atoms with Gasteiger partial charge in [0.15, 0.2) is 5.78 Å². The summed E-state index contributed by atoms with van der Waals surface area (Å²) in [5, 5.41) is 0.853. The van der Waals surface area contributed by atoms with Crippen molar-refractivity contribution >= 4 is 27.3 Å². The average molecular weight is 285 g/mol. The summed E-state index contributed by atoms with van der Waals surface area (Å²) in [7, 11) is 0. The largest absolute Gasteiger partial charge is 0.295 e. The third-order valence-corrected chi connectivity index (χ3v) is 4.17. The number of fused-ring (bicyclic) bond motifs is 1. The van der Waals surface area contributed by atoms with Gasteiger partial charge in [-0.25, -0.2) is 9.37 Å². The minimum absolute atomic E-state index is 0.0597. The van der Waals surface area contributed by atoms with Crippen molar-refractivity contribution in [1.82, 2.24) is 4.98 Å². The summed E-state index contributed by atoms with van der Waals surface area (Å²) in [6.45, 7) is 1.48. The molecule has 20 heavy (non-hydrogen) atoms. The third-order valence-electron chi connectivity index (χ3n) is 3.13. The Hall–Kier alpha value is -2.07. The van der Waals surface area contributed by atoms with Crippen molar-refractivity contribution in [2.24, 2.45) is 0 Å². The fourth-order valence-electron chi connectivity index (χ4n) is 2.09. The lowest BCUT2D eigenvalue weighted by Gasteiger charge is -2.03. The van der Waals surface area contributed by atoms with Crippen molar-refractivity contribution in [3.05, 3.63) is 64.4 Å². The number of carbonyl (C=O) groups is 1. The molecule has 0 amide bonds. The van der Waals surface area contributed by atoms with Crippen molar-refractivity contribution in [3.8, 4) is 0 Å². The fraction of sp³-hybridized carbons (Fsp3) is 0.125. The SMILES string of the molecule is CC(=O)c1ccc(F)c(Cc2nc3ccccc3s2)c1. The highest BCUT2D eigenvalue weighted by molar-refractivity contribution is 7.18. The van der Waals surface area contributed by atoms with Gasteiger partial charge in [-0.15, -0.1) is 11.3 Å². The Labute approximate surface area is 119 Å². The number of carbonyl (C=O) groups excluding carboxylic acids is 1. The summed E-state index contributed by atoms with van der Waals surface area (Å²) >= 11 is 1.55. The van der Waals surface area contributed by atoms with Gasteiger partial charge in [-0.05, 0) is 42.8 Å². The van der Waals surface area contributed by atoms with E-state index in [2.05, 4.69) is 4.98 Å². The van der Waals surface area contributed by atoms with Crippen LogP contribution in [0.4, 0.5) is 4.39 Å². The fourth-order valence-corrected chi connectivity index (χ4v) is 3.08. The number of hydrogen-bond donors (Lipinski definition) is 0. The maximum atomic E-state index is 13.8. The van der Waals surface area contributed by atoms with Crippen LogP contribution < -0.4 is 0 Å². The van der Waals surface area contributed by atoms with Crippen molar-refractivity contribution in [2.75, 3.05) is 0 Å². The second-order valence-electron chi connectivity index (χ2n) is 4.61. The van der Waals surface area contributed by atoms with Gasteiger partial charge in [0.25, 0.3) is 0 Å². The standard InChI is InChI=1S/C16H12FNOS/c1-10(19)11-6-7-13(17)12(8-11)9-16-18-14-4-2-3-5-15(14)20-16/h2-8H,9H2,1H3. The van der Waals surface area contributed by atoms with Crippen molar-refractivity contribution < 1.29 is 9.18 Å². The van der Waals surface area contributed by atoms with Gasteiger partial charge in [0.2, 0.25) is 0 Å². The molecule has 0 radical (unpaired) electrons. The summed E-state index contributed by atoms with van der Waals surface area (Å²) in [4.78, 5) is 15.9. The molecule has 0 aliphatic rings. The molecule has 0 atom stereocenters. The van der Waals surface area contributed by atoms with Crippen molar-refractivity contribution in [1.29, 1.82) is 0 Å². The number of halogens is 1. The van der Waals surface area contributed by atoms with Crippen LogP contribution in [0.5, 0.6) is 0 Å². The highest BCUT2D eigenvalue weighted by Crippen LogP contribution is 2.24. The van der Waals surface area contributed by atoms with E-state index in [0.717, 1.165) is 15.2 Å². The van der Waals surface area contributed by atoms with E-state index in [-0.39, 0.29) is 11.6 Å². The second kappa shape index (κ2) is 5.13. The van der Waals surface area contributed by atoms with E-state index in [1.54, 1.807) is 17.4 Å². The molecule has 0 bridgehead atoms. The van der Waals surface area contributed by atoms with Crippen molar-refractivity contribution in [2.45, 2.75) is 13.3 Å². The topological polar surface area (TPSA) is 30.0 Å². The molecule has 3 rings (SSSR count). The number of ketones is 1. The number of benzene rings is 2. The number of hydrogen-bond acceptors (Lipinski definition) is 3. The molecular formula is C16H12FNOS. The summed E-state index contributed by atoms with van der Waals surface area (Å²) < 4.78 is 14.9. The van der Waals surface area contributed by atoms with E-state index in [9.17, 15) is 9.18 Å². The number of thiazole rings is 1. The van der Waals surface area contributed by atoms with Crippen LogP contribution in [-0.4, -0.2) is 10.8 Å². The van der Waals surface area contributed by atoms with Crippen LogP contribution in [0.3, 0.4) is 0 Å². The van der Waals surface area contributed by atoms with E-state index < -0.39 is 0 Å². The maximum Gasteiger partial charge on any atom is 0.159 e. The zero-order valence-corrected chi connectivity index (χ0v) is 11.7. The Morgan fingerprint density at radius 3 is 2.80 bits per heavy atom. The first-order chi connectivity index (χ1) is 9.63. The number of rotatable bonds is 3. The molecule has 0 aliphatic carbocycles. The Balaban J connectivity index is 1.97. The van der Waals surface area contributed by atoms with Crippen LogP contribution in [0.15, 0.2) is 42.5 Å². The summed E-state index contributed by atoms with van der Waals surface area (Å²) in [5.74, 6) is -0.357. The molecule has 1 aromatic heterocycles. The van der Waals surface area contributed by atoms with Crippen LogP contribution >= 0.6 is 11.3 Å². The molecule has 2 nitrogen and oxygen atoms in total. The van der Waals surface area contributed by atoms with Crippen LogP contribution in [0, 0.1) is 5.82 Å². The van der Waals surface area contributed by atoms with Crippen molar-refractivity contribution in [3.63, 3.8) is 0 Å². The normalized spacial score (nSPS) is 10.9. The molecule has 0 fully saturated rings. The van der Waals surface area contributed by atoms with Gasteiger partial charge in [-0.2, -0.15) is 0 Å². The summed E-state index contributed by atoms with van der Waals surface area (Å²) in [6, 6.07) is 12.3. The van der Waals surface area contributed by atoms with E-state index in [1.165, 1.54) is 19.1 Å². The molecule has 0 unspecified atom stereocenters. The molecule has 0 N–H and O–H groups in total. The molecule has 0 spiro atoms. The second-order valence-corrected chi connectivity index (χ2v) is 5.73. The molecule has 2 aromatic carbocycles. The molecule has 0 saturated carbocycles. The predicted octanol–water partition coefficient (Wildman–Crippen LogP) is 4.23. The van der Waals surface area contributed by atoms with Gasteiger partial charge in [0.1, 0.15) is 5.82 Å². The number of Topliss-reactive ketones (excluding diaryl/α,β-unsaturated/α-hetero) is 1. The molecule has 0 saturated heterocycles. The summed E-state index contributed by atoms with van der Waals surface area (Å²) in [5.41, 5.74) is 1.97. The Morgan fingerprint density at radius 2 is 2.05 bits per heavy atom. The third kappa shape index (κ3) is 2.47. The van der Waals surface area contributed by atoms with Crippen LogP contribution in [0.1, 0.15) is 27.9 Å². The summed E-state index contributed by atoms with van der Waals surface area (Å²) in [6.07, 6.45) is 0.409. The van der Waals surface area contributed by atoms with E-state index in [1.807, 2.05) is 24.3 Å². The molecule has 0 aliphatic heterocycles. The van der Waals surface area contributed by atoms with E-state index in [4.69, 9.17) is 0 Å². The smallest absolute Gasteiger partial charge is 0.159 e. The van der Waals surface area contributed by atoms with E-state index >= 15 is 0 Å². The number of aromatic nitrogens is 1.